The molecule has 1 nitrogen and oxygen atoms in total. The minimum atomic E-state index is -4.77. The van der Waals surface area contributed by atoms with Crippen molar-refractivity contribution in [2.24, 2.45) is 0 Å². The van der Waals surface area contributed by atoms with E-state index in [0.29, 0.717) is 11.1 Å². The van der Waals surface area contributed by atoms with Gasteiger partial charge >= 0.3 is 6.36 Å². The van der Waals surface area contributed by atoms with Crippen LogP contribution in [0.5, 0.6) is 5.75 Å². The van der Waals surface area contributed by atoms with Gasteiger partial charge < -0.3 is 4.74 Å². The molecule has 100 valence electrons. The van der Waals surface area contributed by atoms with Crippen LogP contribution in [0.15, 0.2) is 42.5 Å². The van der Waals surface area contributed by atoms with E-state index in [1.807, 2.05) is 0 Å². The van der Waals surface area contributed by atoms with Gasteiger partial charge in [0.1, 0.15) is 11.6 Å². The highest BCUT2D eigenvalue weighted by Gasteiger charge is 2.31. The average molecular weight is 291 g/mol. The van der Waals surface area contributed by atoms with E-state index >= 15 is 0 Å². The van der Waals surface area contributed by atoms with E-state index in [2.05, 4.69) is 4.74 Å². The van der Waals surface area contributed by atoms with Gasteiger partial charge in [0.2, 0.25) is 0 Å². The lowest BCUT2D eigenvalue weighted by atomic mass is 10.1. The fourth-order valence-corrected chi connectivity index (χ4v) is 1.86. The van der Waals surface area contributed by atoms with Crippen LogP contribution in [0.3, 0.4) is 0 Å². The molecule has 6 heteroatoms. The molecule has 0 radical (unpaired) electrons. The van der Waals surface area contributed by atoms with Gasteiger partial charge in [-0.3, -0.25) is 0 Å². The zero-order valence-corrected chi connectivity index (χ0v) is 10.1. The van der Waals surface area contributed by atoms with Gasteiger partial charge in [-0.25, -0.2) is 4.39 Å². The lowest BCUT2D eigenvalue weighted by Gasteiger charge is -2.11. The Hall–Kier alpha value is -1.75. The molecule has 0 bridgehead atoms. The van der Waals surface area contributed by atoms with Gasteiger partial charge in [0.15, 0.2) is 0 Å². The second kappa shape index (κ2) is 5.09. The highest BCUT2D eigenvalue weighted by atomic mass is 35.5. The second-order valence-electron chi connectivity index (χ2n) is 3.70. The van der Waals surface area contributed by atoms with E-state index in [1.54, 1.807) is 6.07 Å². The Bertz CT molecular complexity index is 595. The first kappa shape index (κ1) is 13.7. The molecule has 0 spiro atoms. The number of halogens is 5. The van der Waals surface area contributed by atoms with Crippen LogP contribution in [0, 0.1) is 5.82 Å². The first-order valence-corrected chi connectivity index (χ1v) is 5.54. The van der Waals surface area contributed by atoms with Crippen molar-refractivity contribution in [1.29, 1.82) is 0 Å². The molecule has 0 fully saturated rings. The van der Waals surface area contributed by atoms with Crippen LogP contribution in [0.2, 0.25) is 5.02 Å². The molecule has 0 heterocycles. The molecular weight excluding hydrogens is 284 g/mol. The highest BCUT2D eigenvalue weighted by Crippen LogP contribution is 2.33. The molecule has 0 saturated heterocycles. The molecule has 0 aliphatic carbocycles. The van der Waals surface area contributed by atoms with Gasteiger partial charge in [-0.2, -0.15) is 0 Å². The van der Waals surface area contributed by atoms with Crippen LogP contribution in [0.4, 0.5) is 17.6 Å². The summed E-state index contributed by atoms with van der Waals surface area (Å²) in [6.45, 7) is 0. The zero-order valence-electron chi connectivity index (χ0n) is 9.34. The Morgan fingerprint density at radius 1 is 1.00 bits per heavy atom. The standard InChI is InChI=1S/C13H7ClF4O/c14-12-7-10(19-13(16,17)18)4-5-11(12)8-2-1-3-9(15)6-8/h1-7H. The van der Waals surface area contributed by atoms with Crippen molar-refractivity contribution in [3.8, 4) is 16.9 Å². The van der Waals surface area contributed by atoms with Gasteiger partial charge in [0, 0.05) is 5.56 Å². The van der Waals surface area contributed by atoms with Crippen LogP contribution < -0.4 is 4.74 Å². The Morgan fingerprint density at radius 2 is 1.74 bits per heavy atom. The van der Waals surface area contributed by atoms with E-state index in [-0.39, 0.29) is 5.02 Å². The van der Waals surface area contributed by atoms with Gasteiger partial charge in [0.25, 0.3) is 0 Å². The molecule has 0 atom stereocenters. The summed E-state index contributed by atoms with van der Waals surface area (Å²) in [4.78, 5) is 0. The van der Waals surface area contributed by atoms with Gasteiger partial charge in [-0.05, 0) is 35.9 Å². The van der Waals surface area contributed by atoms with Crippen molar-refractivity contribution < 1.29 is 22.3 Å². The Morgan fingerprint density at radius 3 is 2.32 bits per heavy atom. The number of rotatable bonds is 2. The van der Waals surface area contributed by atoms with Crippen molar-refractivity contribution in [2.45, 2.75) is 6.36 Å². The molecule has 0 aliphatic heterocycles. The van der Waals surface area contributed by atoms with Gasteiger partial charge in [0.05, 0.1) is 5.02 Å². The zero-order chi connectivity index (χ0) is 14.0. The molecular formula is C13H7ClF4O. The fraction of sp³-hybridized carbons (Fsp3) is 0.0769. The highest BCUT2D eigenvalue weighted by molar-refractivity contribution is 6.33. The molecule has 2 aromatic rings. The third kappa shape index (κ3) is 3.61. The molecule has 0 N–H and O–H groups in total. The monoisotopic (exact) mass is 290 g/mol. The van der Waals surface area contributed by atoms with Crippen molar-refractivity contribution >= 4 is 11.6 Å². The predicted molar refractivity (Wildman–Crippen MR) is 63.5 cm³/mol. The molecule has 0 saturated carbocycles. The molecule has 0 amide bonds. The number of ether oxygens (including phenoxy) is 1. The minimum Gasteiger partial charge on any atom is -0.406 e. The van der Waals surface area contributed by atoms with Crippen LogP contribution in [-0.2, 0) is 0 Å². The first-order chi connectivity index (χ1) is 8.85. The molecule has 0 unspecified atom stereocenters. The van der Waals surface area contributed by atoms with Gasteiger partial charge in [-0.15, -0.1) is 13.2 Å². The molecule has 2 aromatic carbocycles. The van der Waals surface area contributed by atoms with Gasteiger partial charge in [-0.1, -0.05) is 23.7 Å². The normalized spacial score (nSPS) is 11.4. The Balaban J connectivity index is 2.34. The second-order valence-corrected chi connectivity index (χ2v) is 4.11. The van der Waals surface area contributed by atoms with Crippen LogP contribution in [0.25, 0.3) is 11.1 Å². The lowest BCUT2D eigenvalue weighted by molar-refractivity contribution is -0.274. The van der Waals surface area contributed by atoms with Crippen LogP contribution >= 0.6 is 11.6 Å². The quantitative estimate of drug-likeness (QED) is 0.704. The maximum Gasteiger partial charge on any atom is 0.573 e. The summed E-state index contributed by atoms with van der Waals surface area (Å²) in [6, 6.07) is 9.10. The SMILES string of the molecule is Fc1cccc(-c2ccc(OC(F)(F)F)cc2Cl)c1. The average Bonchev–Trinajstić information content (AvgIpc) is 2.26. The molecule has 0 aromatic heterocycles. The van der Waals surface area contributed by atoms with E-state index in [9.17, 15) is 17.6 Å². The maximum atomic E-state index is 13.1. The molecule has 0 aliphatic rings. The summed E-state index contributed by atoms with van der Waals surface area (Å²) in [6.07, 6.45) is -4.77. The Labute approximate surface area is 111 Å². The number of hydrogen-bond donors (Lipinski definition) is 0. The smallest absolute Gasteiger partial charge is 0.406 e. The number of benzene rings is 2. The van der Waals surface area contributed by atoms with Crippen LogP contribution in [0.1, 0.15) is 0 Å². The summed E-state index contributed by atoms with van der Waals surface area (Å²) in [7, 11) is 0. The van der Waals surface area contributed by atoms with E-state index in [4.69, 9.17) is 11.6 Å². The minimum absolute atomic E-state index is 0.0485. The molecule has 2 rings (SSSR count). The van der Waals surface area contributed by atoms with Crippen molar-refractivity contribution in [3.05, 3.63) is 53.3 Å². The number of alkyl halides is 3. The fourth-order valence-electron chi connectivity index (χ4n) is 1.58. The third-order valence-electron chi connectivity index (χ3n) is 2.31. The van der Waals surface area contributed by atoms with Crippen molar-refractivity contribution in [1.82, 2.24) is 0 Å². The maximum absolute atomic E-state index is 13.1. The van der Waals surface area contributed by atoms with E-state index in [1.165, 1.54) is 24.3 Å². The summed E-state index contributed by atoms with van der Waals surface area (Å²) in [5.74, 6) is -0.873. The van der Waals surface area contributed by atoms with Crippen molar-refractivity contribution in [3.63, 3.8) is 0 Å². The number of hydrogen-bond acceptors (Lipinski definition) is 1. The Kier molecular flexibility index (Phi) is 3.66. The largest absolute Gasteiger partial charge is 0.573 e. The van der Waals surface area contributed by atoms with E-state index in [0.717, 1.165) is 12.1 Å². The predicted octanol–water partition coefficient (Wildman–Crippen LogP) is 5.04. The third-order valence-corrected chi connectivity index (χ3v) is 2.62. The topological polar surface area (TPSA) is 9.23 Å². The summed E-state index contributed by atoms with van der Waals surface area (Å²) in [5.41, 5.74) is 0.902. The first-order valence-electron chi connectivity index (χ1n) is 5.16. The lowest BCUT2D eigenvalue weighted by Crippen LogP contribution is -2.17. The van der Waals surface area contributed by atoms with Crippen molar-refractivity contribution in [2.75, 3.05) is 0 Å². The van der Waals surface area contributed by atoms with E-state index < -0.39 is 17.9 Å². The summed E-state index contributed by atoms with van der Waals surface area (Å²) >= 11 is 5.88. The summed E-state index contributed by atoms with van der Waals surface area (Å²) < 4.78 is 52.9. The summed E-state index contributed by atoms with van der Waals surface area (Å²) in [5, 5.41) is 0.0485. The van der Waals surface area contributed by atoms with Crippen LogP contribution in [-0.4, -0.2) is 6.36 Å². The molecule has 19 heavy (non-hydrogen) atoms.